The van der Waals surface area contributed by atoms with Crippen molar-refractivity contribution in [2.45, 2.75) is 19.0 Å². The predicted octanol–water partition coefficient (Wildman–Crippen LogP) is 2.18. The average Bonchev–Trinajstić information content (AvgIpc) is 2.50. The first-order valence-corrected chi connectivity index (χ1v) is 7.86. The van der Waals surface area contributed by atoms with Gasteiger partial charge in [0.2, 0.25) is 0 Å². The lowest BCUT2D eigenvalue weighted by Gasteiger charge is -2.35. The van der Waals surface area contributed by atoms with Gasteiger partial charge < -0.3 is 4.74 Å². The lowest BCUT2D eigenvalue weighted by Crippen LogP contribution is -2.43. The molecule has 0 aliphatic carbocycles. The molecule has 1 aromatic carbocycles. The minimum atomic E-state index is -0.407. The number of methoxy groups -OCH3 is 1. The number of benzene rings is 1. The largest absolute Gasteiger partial charge is 0.469 e. The molecule has 1 aliphatic rings. The van der Waals surface area contributed by atoms with E-state index in [0.717, 1.165) is 23.6 Å². The molecular weight excluding hydrogens is 291 g/mol. The number of esters is 1. The SMILES string of the molecule is COC(=O)C[C@H]1CSCCN1Cc1ccc(F)cc1C#N. The fraction of sp³-hybridized carbons (Fsp3) is 0.467. The van der Waals surface area contributed by atoms with Crippen LogP contribution in [0.4, 0.5) is 4.39 Å². The molecule has 0 spiro atoms. The molecule has 21 heavy (non-hydrogen) atoms. The van der Waals surface area contributed by atoms with Crippen molar-refractivity contribution in [3.05, 3.63) is 35.1 Å². The lowest BCUT2D eigenvalue weighted by molar-refractivity contribution is -0.141. The van der Waals surface area contributed by atoms with E-state index in [0.29, 0.717) is 18.5 Å². The summed E-state index contributed by atoms with van der Waals surface area (Å²) in [5.41, 5.74) is 1.14. The molecule has 0 N–H and O–H groups in total. The highest BCUT2D eigenvalue weighted by Gasteiger charge is 2.26. The highest BCUT2D eigenvalue weighted by molar-refractivity contribution is 7.99. The van der Waals surface area contributed by atoms with Crippen molar-refractivity contribution in [1.82, 2.24) is 4.90 Å². The van der Waals surface area contributed by atoms with Gasteiger partial charge in [0.05, 0.1) is 25.2 Å². The minimum absolute atomic E-state index is 0.0906. The first kappa shape index (κ1) is 15.8. The topological polar surface area (TPSA) is 53.3 Å². The fourth-order valence-electron chi connectivity index (χ4n) is 2.37. The van der Waals surface area contributed by atoms with Crippen LogP contribution in [0.25, 0.3) is 0 Å². The van der Waals surface area contributed by atoms with Crippen molar-refractivity contribution in [3.8, 4) is 6.07 Å². The summed E-state index contributed by atoms with van der Waals surface area (Å²) in [5, 5.41) is 9.11. The quantitative estimate of drug-likeness (QED) is 0.798. The molecule has 0 unspecified atom stereocenters. The van der Waals surface area contributed by atoms with Crippen LogP contribution in [-0.2, 0) is 16.1 Å². The Morgan fingerprint density at radius 1 is 1.62 bits per heavy atom. The third-order valence-corrected chi connectivity index (χ3v) is 4.64. The number of carbonyl (C=O) groups is 1. The Kier molecular flexibility index (Phi) is 5.59. The summed E-state index contributed by atoms with van der Waals surface area (Å²) >= 11 is 1.81. The van der Waals surface area contributed by atoms with Gasteiger partial charge in [-0.25, -0.2) is 4.39 Å². The van der Waals surface area contributed by atoms with E-state index in [9.17, 15) is 9.18 Å². The molecule has 1 aromatic rings. The number of carbonyl (C=O) groups excluding carboxylic acids is 1. The zero-order valence-electron chi connectivity index (χ0n) is 11.8. The van der Waals surface area contributed by atoms with Crippen molar-refractivity contribution in [1.29, 1.82) is 5.26 Å². The molecule has 4 nitrogen and oxygen atoms in total. The normalized spacial score (nSPS) is 19.0. The van der Waals surface area contributed by atoms with Gasteiger partial charge in [0.25, 0.3) is 0 Å². The van der Waals surface area contributed by atoms with E-state index in [4.69, 9.17) is 10.00 Å². The maximum absolute atomic E-state index is 13.2. The summed E-state index contributed by atoms with van der Waals surface area (Å²) in [6.45, 7) is 1.39. The van der Waals surface area contributed by atoms with Crippen LogP contribution in [0.2, 0.25) is 0 Å². The van der Waals surface area contributed by atoms with Crippen LogP contribution >= 0.6 is 11.8 Å². The smallest absolute Gasteiger partial charge is 0.307 e. The first-order valence-electron chi connectivity index (χ1n) is 6.71. The summed E-state index contributed by atoms with van der Waals surface area (Å²) in [6, 6.07) is 6.38. The van der Waals surface area contributed by atoms with Crippen molar-refractivity contribution in [2.24, 2.45) is 0 Å². The van der Waals surface area contributed by atoms with Gasteiger partial charge in [0, 0.05) is 30.6 Å². The molecule has 0 saturated carbocycles. The number of halogens is 1. The molecule has 0 amide bonds. The van der Waals surface area contributed by atoms with Gasteiger partial charge in [0.1, 0.15) is 5.82 Å². The third-order valence-electron chi connectivity index (χ3n) is 3.55. The Bertz CT molecular complexity index is 559. The molecule has 0 aromatic heterocycles. The third kappa shape index (κ3) is 4.19. The van der Waals surface area contributed by atoms with Crippen LogP contribution in [0.5, 0.6) is 0 Å². The van der Waals surface area contributed by atoms with Crippen molar-refractivity contribution in [3.63, 3.8) is 0 Å². The minimum Gasteiger partial charge on any atom is -0.469 e. The van der Waals surface area contributed by atoms with Gasteiger partial charge in [-0.2, -0.15) is 17.0 Å². The molecule has 1 heterocycles. The van der Waals surface area contributed by atoms with Crippen LogP contribution in [0.15, 0.2) is 18.2 Å². The molecule has 2 rings (SSSR count). The summed E-state index contributed by atoms with van der Waals surface area (Å²) in [6.07, 6.45) is 0.340. The van der Waals surface area contributed by atoms with E-state index in [2.05, 4.69) is 4.90 Å². The molecule has 1 aliphatic heterocycles. The van der Waals surface area contributed by atoms with E-state index in [1.807, 2.05) is 17.8 Å². The number of nitriles is 1. The van der Waals surface area contributed by atoms with Crippen molar-refractivity contribution < 1.29 is 13.9 Å². The number of ether oxygens (including phenoxy) is 1. The lowest BCUT2D eigenvalue weighted by atomic mass is 10.1. The maximum Gasteiger partial charge on any atom is 0.307 e. The molecule has 1 atom stereocenters. The molecule has 6 heteroatoms. The second-order valence-electron chi connectivity index (χ2n) is 4.89. The molecule has 0 radical (unpaired) electrons. The first-order chi connectivity index (χ1) is 10.1. The number of hydrogen-bond donors (Lipinski definition) is 0. The predicted molar refractivity (Wildman–Crippen MR) is 79.3 cm³/mol. The van der Waals surface area contributed by atoms with Gasteiger partial charge in [-0.1, -0.05) is 6.07 Å². The monoisotopic (exact) mass is 308 g/mol. The Hall–Kier alpha value is -1.58. The Balaban J connectivity index is 2.12. The molecule has 1 fully saturated rings. The summed E-state index contributed by atoms with van der Waals surface area (Å²) in [7, 11) is 1.39. The van der Waals surface area contributed by atoms with E-state index in [1.165, 1.54) is 19.2 Å². The number of rotatable bonds is 4. The number of nitrogens with zero attached hydrogens (tertiary/aromatic N) is 2. The second-order valence-corrected chi connectivity index (χ2v) is 6.04. The van der Waals surface area contributed by atoms with E-state index >= 15 is 0 Å². The molecule has 1 saturated heterocycles. The van der Waals surface area contributed by atoms with Crippen LogP contribution < -0.4 is 0 Å². The zero-order valence-corrected chi connectivity index (χ0v) is 12.7. The maximum atomic E-state index is 13.2. The van der Waals surface area contributed by atoms with Gasteiger partial charge in [0.15, 0.2) is 0 Å². The number of thioether (sulfide) groups is 1. The Labute approximate surface area is 127 Å². The Morgan fingerprint density at radius 3 is 3.14 bits per heavy atom. The highest BCUT2D eigenvalue weighted by atomic mass is 32.2. The molecule has 0 bridgehead atoms. The fourth-order valence-corrected chi connectivity index (χ4v) is 3.50. The van der Waals surface area contributed by atoms with Gasteiger partial charge in [-0.05, 0) is 17.7 Å². The Morgan fingerprint density at radius 2 is 2.43 bits per heavy atom. The van der Waals surface area contributed by atoms with Gasteiger partial charge in [-0.3, -0.25) is 9.69 Å². The van der Waals surface area contributed by atoms with E-state index < -0.39 is 5.82 Å². The van der Waals surface area contributed by atoms with Crippen LogP contribution in [0.1, 0.15) is 17.5 Å². The van der Waals surface area contributed by atoms with Crippen LogP contribution in [0.3, 0.4) is 0 Å². The number of hydrogen-bond acceptors (Lipinski definition) is 5. The van der Waals surface area contributed by atoms with Crippen LogP contribution in [-0.4, -0.2) is 42.1 Å². The standard InChI is InChI=1S/C15H17FN2O2S/c1-20-15(19)7-14-10-21-5-4-18(14)9-11-2-3-13(16)6-12(11)8-17/h2-3,6,14H,4-5,7,9-10H2,1H3/t14-/m0/s1. The zero-order chi connectivity index (χ0) is 15.2. The summed E-state index contributed by atoms with van der Waals surface area (Å²) in [5.74, 6) is 1.21. The average molecular weight is 308 g/mol. The van der Waals surface area contributed by atoms with E-state index in [-0.39, 0.29) is 12.0 Å². The van der Waals surface area contributed by atoms with Crippen molar-refractivity contribution in [2.75, 3.05) is 25.2 Å². The van der Waals surface area contributed by atoms with Gasteiger partial charge in [-0.15, -0.1) is 0 Å². The second kappa shape index (κ2) is 7.43. The summed E-state index contributed by atoms with van der Waals surface area (Å²) in [4.78, 5) is 13.7. The summed E-state index contributed by atoms with van der Waals surface area (Å²) < 4.78 is 17.9. The van der Waals surface area contributed by atoms with Gasteiger partial charge >= 0.3 is 5.97 Å². The van der Waals surface area contributed by atoms with E-state index in [1.54, 1.807) is 6.07 Å². The molecule has 112 valence electrons. The molecular formula is C15H17FN2O2S. The van der Waals surface area contributed by atoms with Crippen molar-refractivity contribution >= 4 is 17.7 Å². The highest BCUT2D eigenvalue weighted by Crippen LogP contribution is 2.23. The van der Waals surface area contributed by atoms with Crippen LogP contribution in [0, 0.1) is 17.1 Å².